The van der Waals surface area contributed by atoms with E-state index in [0.29, 0.717) is 24.4 Å². The molecule has 7 heteroatoms. The van der Waals surface area contributed by atoms with E-state index in [1.165, 1.54) is 10.7 Å². The minimum absolute atomic E-state index is 0.124. The predicted octanol–water partition coefficient (Wildman–Crippen LogP) is 3.71. The molecule has 6 nitrogen and oxygen atoms in total. The Balaban J connectivity index is 1.60. The summed E-state index contributed by atoms with van der Waals surface area (Å²) < 4.78 is 6.68. The lowest BCUT2D eigenvalue weighted by Gasteiger charge is -2.11. The predicted molar refractivity (Wildman–Crippen MR) is 107 cm³/mol. The van der Waals surface area contributed by atoms with Crippen LogP contribution in [0.4, 0.5) is 5.69 Å². The van der Waals surface area contributed by atoms with Crippen LogP contribution >= 0.6 is 11.3 Å². The molecule has 0 aliphatic carbocycles. The van der Waals surface area contributed by atoms with Crippen LogP contribution in [0.25, 0.3) is 10.6 Å². The van der Waals surface area contributed by atoms with Crippen LogP contribution in [0, 0.1) is 6.92 Å². The topological polar surface area (TPSA) is 73.2 Å². The highest BCUT2D eigenvalue weighted by molar-refractivity contribution is 7.13. The molecule has 0 saturated carbocycles. The van der Waals surface area contributed by atoms with Crippen LogP contribution in [0.2, 0.25) is 0 Å². The number of thiophene rings is 1. The van der Waals surface area contributed by atoms with Gasteiger partial charge in [-0.05, 0) is 48.6 Å². The Kier molecular flexibility index (Phi) is 6.03. The number of hydrogen-bond donors (Lipinski definition) is 1. The Morgan fingerprint density at radius 1 is 1.26 bits per heavy atom. The van der Waals surface area contributed by atoms with Gasteiger partial charge in [-0.25, -0.2) is 4.68 Å². The van der Waals surface area contributed by atoms with E-state index in [4.69, 9.17) is 4.74 Å². The first-order valence-corrected chi connectivity index (χ1v) is 9.51. The largest absolute Gasteiger partial charge is 0.495 e. The lowest BCUT2D eigenvalue weighted by molar-refractivity contribution is -0.116. The first-order valence-electron chi connectivity index (χ1n) is 8.63. The highest BCUT2D eigenvalue weighted by atomic mass is 32.1. The highest BCUT2D eigenvalue weighted by Crippen LogP contribution is 2.25. The quantitative estimate of drug-likeness (QED) is 0.675. The maximum absolute atomic E-state index is 12.2. The summed E-state index contributed by atoms with van der Waals surface area (Å²) in [6.45, 7) is 2.34. The Morgan fingerprint density at radius 2 is 2.11 bits per heavy atom. The average Bonchev–Trinajstić information content (AvgIpc) is 3.18. The van der Waals surface area contributed by atoms with E-state index >= 15 is 0 Å². The van der Waals surface area contributed by atoms with Crippen molar-refractivity contribution in [2.45, 2.75) is 26.3 Å². The normalized spacial score (nSPS) is 10.6. The second-order valence-electron chi connectivity index (χ2n) is 6.11. The summed E-state index contributed by atoms with van der Waals surface area (Å²) in [5.74, 6) is 0.497. The van der Waals surface area contributed by atoms with Crippen LogP contribution in [-0.4, -0.2) is 22.8 Å². The number of carbonyl (C=O) groups is 1. The molecule has 0 bridgehead atoms. The molecule has 0 saturated heterocycles. The van der Waals surface area contributed by atoms with Crippen molar-refractivity contribution in [3.05, 3.63) is 63.8 Å². The van der Waals surface area contributed by atoms with Crippen molar-refractivity contribution in [1.82, 2.24) is 9.78 Å². The van der Waals surface area contributed by atoms with Gasteiger partial charge in [-0.2, -0.15) is 5.10 Å². The number of methoxy groups -OCH3 is 1. The molecule has 0 radical (unpaired) electrons. The fraction of sp³-hybridized carbons (Fsp3) is 0.250. The molecule has 2 heterocycles. The molecule has 1 N–H and O–H groups in total. The first kappa shape index (κ1) is 18.8. The number of aryl methyl sites for hydroxylation is 2. The number of nitrogens with zero attached hydrogens (tertiary/aromatic N) is 2. The Morgan fingerprint density at radius 3 is 2.85 bits per heavy atom. The molecule has 0 spiro atoms. The van der Waals surface area contributed by atoms with Crippen LogP contribution in [0.15, 0.2) is 52.6 Å². The average molecular weight is 383 g/mol. The number of amides is 1. The highest BCUT2D eigenvalue weighted by Gasteiger charge is 2.09. The van der Waals surface area contributed by atoms with E-state index in [-0.39, 0.29) is 17.9 Å². The molecule has 2 aromatic heterocycles. The van der Waals surface area contributed by atoms with E-state index in [1.807, 2.05) is 42.6 Å². The monoisotopic (exact) mass is 383 g/mol. The molecule has 0 atom stereocenters. The van der Waals surface area contributed by atoms with E-state index in [1.54, 1.807) is 24.5 Å². The van der Waals surface area contributed by atoms with Gasteiger partial charge >= 0.3 is 0 Å². The van der Waals surface area contributed by atoms with Crippen LogP contribution in [0.5, 0.6) is 5.75 Å². The zero-order valence-electron chi connectivity index (χ0n) is 15.3. The number of anilines is 1. The molecule has 0 unspecified atom stereocenters. The summed E-state index contributed by atoms with van der Waals surface area (Å²) in [4.78, 5) is 25.3. The van der Waals surface area contributed by atoms with Crippen molar-refractivity contribution in [3.8, 4) is 16.3 Å². The summed E-state index contributed by atoms with van der Waals surface area (Å²) >= 11 is 1.57. The lowest BCUT2D eigenvalue weighted by atomic mass is 10.2. The maximum Gasteiger partial charge on any atom is 0.266 e. The van der Waals surface area contributed by atoms with Crippen LogP contribution in [-0.2, 0) is 11.3 Å². The van der Waals surface area contributed by atoms with Crippen molar-refractivity contribution in [3.63, 3.8) is 0 Å². The van der Waals surface area contributed by atoms with Gasteiger partial charge in [0.15, 0.2) is 0 Å². The van der Waals surface area contributed by atoms with E-state index < -0.39 is 0 Å². The molecule has 3 aromatic rings. The van der Waals surface area contributed by atoms with Gasteiger partial charge in [-0.15, -0.1) is 11.3 Å². The van der Waals surface area contributed by atoms with Crippen LogP contribution in [0.3, 0.4) is 0 Å². The van der Waals surface area contributed by atoms with Gasteiger partial charge in [0, 0.05) is 19.0 Å². The second kappa shape index (κ2) is 8.64. The van der Waals surface area contributed by atoms with Crippen molar-refractivity contribution in [1.29, 1.82) is 0 Å². The van der Waals surface area contributed by atoms with Gasteiger partial charge in [0.2, 0.25) is 5.91 Å². The summed E-state index contributed by atoms with van der Waals surface area (Å²) in [5.41, 5.74) is 2.28. The number of aromatic nitrogens is 2. The third-order valence-electron chi connectivity index (χ3n) is 4.04. The molecule has 1 amide bonds. The molecule has 1 aromatic carbocycles. The SMILES string of the molecule is COc1ccc(C)cc1NC(=O)CCCn1nc(-c2cccs2)ccc1=O. The number of carbonyl (C=O) groups excluding carboxylic acids is 1. The summed E-state index contributed by atoms with van der Waals surface area (Å²) in [5, 5.41) is 9.23. The zero-order valence-corrected chi connectivity index (χ0v) is 16.1. The van der Waals surface area contributed by atoms with Gasteiger partial charge in [0.25, 0.3) is 5.56 Å². The van der Waals surface area contributed by atoms with E-state index in [9.17, 15) is 9.59 Å². The van der Waals surface area contributed by atoms with Crippen molar-refractivity contribution in [2.24, 2.45) is 0 Å². The van der Waals surface area contributed by atoms with Gasteiger partial charge in [0.05, 0.1) is 17.7 Å². The lowest BCUT2D eigenvalue weighted by Crippen LogP contribution is -2.23. The van der Waals surface area contributed by atoms with Crippen molar-refractivity contribution in [2.75, 3.05) is 12.4 Å². The third kappa shape index (κ3) is 4.83. The standard InChI is InChI=1S/C20H21N3O3S/c1-14-7-9-17(26-2)16(13-14)21-19(24)6-3-11-23-20(25)10-8-15(22-23)18-5-4-12-27-18/h4-5,7-10,12-13H,3,6,11H2,1-2H3,(H,21,24). The molecule has 0 aliphatic rings. The fourth-order valence-corrected chi connectivity index (χ4v) is 3.38. The van der Waals surface area contributed by atoms with Crippen LogP contribution < -0.4 is 15.6 Å². The Hall–Kier alpha value is -2.93. The summed E-state index contributed by atoms with van der Waals surface area (Å²) in [6, 6.07) is 12.8. The smallest absolute Gasteiger partial charge is 0.266 e. The number of hydrogen-bond acceptors (Lipinski definition) is 5. The molecule has 0 aliphatic heterocycles. The third-order valence-corrected chi connectivity index (χ3v) is 4.94. The van der Waals surface area contributed by atoms with Crippen molar-refractivity contribution < 1.29 is 9.53 Å². The van der Waals surface area contributed by atoms with Gasteiger partial charge in [-0.1, -0.05) is 12.1 Å². The number of ether oxygens (including phenoxy) is 1. The second-order valence-corrected chi connectivity index (χ2v) is 7.06. The van der Waals surface area contributed by atoms with E-state index in [2.05, 4.69) is 10.4 Å². The molecular formula is C20H21N3O3S. The van der Waals surface area contributed by atoms with Gasteiger partial charge in [0.1, 0.15) is 11.4 Å². The maximum atomic E-state index is 12.2. The summed E-state index contributed by atoms with van der Waals surface area (Å²) in [7, 11) is 1.57. The van der Waals surface area contributed by atoms with Crippen LogP contribution in [0.1, 0.15) is 18.4 Å². The Bertz CT molecular complexity index is 980. The van der Waals surface area contributed by atoms with Crippen molar-refractivity contribution >= 4 is 22.9 Å². The minimum Gasteiger partial charge on any atom is -0.495 e. The zero-order chi connectivity index (χ0) is 19.2. The van der Waals surface area contributed by atoms with Gasteiger partial charge in [-0.3, -0.25) is 9.59 Å². The Labute approximate surface area is 161 Å². The van der Waals surface area contributed by atoms with E-state index in [0.717, 1.165) is 16.1 Å². The minimum atomic E-state index is -0.170. The number of benzene rings is 1. The molecule has 3 rings (SSSR count). The van der Waals surface area contributed by atoms with Gasteiger partial charge < -0.3 is 10.1 Å². The summed E-state index contributed by atoms with van der Waals surface area (Å²) in [6.07, 6.45) is 0.801. The fourth-order valence-electron chi connectivity index (χ4n) is 2.69. The number of nitrogens with one attached hydrogen (secondary N) is 1. The first-order chi connectivity index (χ1) is 13.1. The molecule has 27 heavy (non-hydrogen) atoms. The molecular weight excluding hydrogens is 362 g/mol. The number of rotatable bonds is 7. The molecule has 140 valence electrons. The molecule has 0 fully saturated rings.